The number of aryl methyl sites for hydroxylation is 1. The minimum atomic E-state index is 0.236. The van der Waals surface area contributed by atoms with E-state index >= 15 is 0 Å². The zero-order chi connectivity index (χ0) is 24.1. The number of rotatable bonds is 9. The summed E-state index contributed by atoms with van der Waals surface area (Å²) in [6.45, 7) is 9.31. The molecule has 4 rings (SSSR count). The number of nitrogens with one attached hydrogen (secondary N) is 3. The van der Waals surface area contributed by atoms with Gasteiger partial charge in [-0.3, -0.25) is 4.90 Å². The van der Waals surface area contributed by atoms with E-state index in [9.17, 15) is 0 Å². The summed E-state index contributed by atoms with van der Waals surface area (Å²) in [4.78, 5) is 11.4. The van der Waals surface area contributed by atoms with Crippen molar-refractivity contribution < 1.29 is 4.74 Å². The Bertz CT molecular complexity index is 1120. The summed E-state index contributed by atoms with van der Waals surface area (Å²) in [6.07, 6.45) is 2.90. The van der Waals surface area contributed by atoms with E-state index in [-0.39, 0.29) is 6.10 Å². The summed E-state index contributed by atoms with van der Waals surface area (Å²) >= 11 is 6.39. The van der Waals surface area contributed by atoms with Gasteiger partial charge in [0.2, 0.25) is 5.95 Å². The molecule has 8 heteroatoms. The molecule has 180 valence electrons. The number of para-hydroxylation sites is 1. The highest BCUT2D eigenvalue weighted by Crippen LogP contribution is 2.29. The summed E-state index contributed by atoms with van der Waals surface area (Å²) in [5.41, 5.74) is 4.05. The van der Waals surface area contributed by atoms with Gasteiger partial charge in [-0.15, -0.1) is 0 Å². The quantitative estimate of drug-likeness (QED) is 0.373. The molecule has 1 aliphatic rings. The highest BCUT2D eigenvalue weighted by molar-refractivity contribution is 6.32. The number of ether oxygens (including phenoxy) is 1. The first-order valence-electron chi connectivity index (χ1n) is 11.7. The third-order valence-corrected chi connectivity index (χ3v) is 6.31. The minimum absolute atomic E-state index is 0.236. The molecule has 1 aliphatic heterocycles. The molecule has 2 heterocycles. The number of benzene rings is 2. The van der Waals surface area contributed by atoms with Crippen LogP contribution in [0, 0.1) is 6.92 Å². The van der Waals surface area contributed by atoms with E-state index in [2.05, 4.69) is 56.8 Å². The van der Waals surface area contributed by atoms with Crippen LogP contribution in [0.15, 0.2) is 48.7 Å². The second kappa shape index (κ2) is 11.0. The number of anilines is 4. The first kappa shape index (κ1) is 24.3. The van der Waals surface area contributed by atoms with Crippen molar-refractivity contribution in [2.75, 3.05) is 30.8 Å². The largest absolute Gasteiger partial charge is 0.489 e. The number of hydrogen-bond acceptors (Lipinski definition) is 7. The lowest BCUT2D eigenvalue weighted by atomic mass is 10.2. The van der Waals surface area contributed by atoms with E-state index in [1.54, 1.807) is 6.20 Å². The molecule has 0 radical (unpaired) electrons. The molecule has 0 spiro atoms. The van der Waals surface area contributed by atoms with Crippen molar-refractivity contribution in [1.82, 2.24) is 20.2 Å². The van der Waals surface area contributed by atoms with Gasteiger partial charge < -0.3 is 20.7 Å². The van der Waals surface area contributed by atoms with E-state index in [0.29, 0.717) is 22.8 Å². The maximum Gasteiger partial charge on any atom is 0.229 e. The summed E-state index contributed by atoms with van der Waals surface area (Å²) in [7, 11) is 1.92. The van der Waals surface area contributed by atoms with E-state index in [0.717, 1.165) is 54.3 Å². The first-order chi connectivity index (χ1) is 16.4. The summed E-state index contributed by atoms with van der Waals surface area (Å²) in [5, 5.41) is 10.3. The Labute approximate surface area is 206 Å². The third kappa shape index (κ3) is 5.97. The first-order valence-corrected chi connectivity index (χ1v) is 12.1. The van der Waals surface area contributed by atoms with Crippen molar-refractivity contribution in [3.8, 4) is 5.75 Å². The van der Waals surface area contributed by atoms with Crippen LogP contribution in [-0.2, 0) is 6.54 Å². The molecule has 34 heavy (non-hydrogen) atoms. The van der Waals surface area contributed by atoms with Crippen LogP contribution in [0.2, 0.25) is 5.02 Å². The molecule has 1 saturated heterocycles. The maximum absolute atomic E-state index is 6.39. The van der Waals surface area contributed by atoms with Crippen molar-refractivity contribution >= 4 is 34.7 Å². The molecule has 1 atom stereocenters. The fourth-order valence-corrected chi connectivity index (χ4v) is 4.25. The molecule has 2 aromatic carbocycles. The zero-order valence-corrected chi connectivity index (χ0v) is 21.0. The minimum Gasteiger partial charge on any atom is -0.489 e. The van der Waals surface area contributed by atoms with E-state index in [1.165, 1.54) is 0 Å². The Morgan fingerprint density at radius 1 is 1.15 bits per heavy atom. The fourth-order valence-electron chi connectivity index (χ4n) is 4.11. The second-order valence-electron chi connectivity index (χ2n) is 8.92. The monoisotopic (exact) mass is 480 g/mol. The van der Waals surface area contributed by atoms with E-state index in [4.69, 9.17) is 16.3 Å². The Hall–Kier alpha value is -2.87. The predicted molar refractivity (Wildman–Crippen MR) is 140 cm³/mol. The normalized spacial score (nSPS) is 16.1. The van der Waals surface area contributed by atoms with Crippen molar-refractivity contribution in [3.05, 3.63) is 64.8 Å². The Kier molecular flexibility index (Phi) is 7.88. The lowest BCUT2D eigenvalue weighted by Crippen LogP contribution is -2.30. The van der Waals surface area contributed by atoms with Crippen molar-refractivity contribution in [2.45, 2.75) is 45.9 Å². The lowest BCUT2D eigenvalue weighted by molar-refractivity contribution is 0.187. The molecule has 1 unspecified atom stereocenters. The maximum atomic E-state index is 6.39. The predicted octanol–water partition coefficient (Wildman–Crippen LogP) is 5.51. The number of likely N-dealkylation sites (tertiary alicyclic amines) is 1. The molecule has 7 nitrogen and oxygen atoms in total. The van der Waals surface area contributed by atoms with Crippen LogP contribution in [0.25, 0.3) is 0 Å². The molecule has 0 aliphatic carbocycles. The van der Waals surface area contributed by atoms with Gasteiger partial charge in [-0.1, -0.05) is 29.8 Å². The third-order valence-electron chi connectivity index (χ3n) is 6.04. The number of halogens is 1. The van der Waals surface area contributed by atoms with Gasteiger partial charge in [-0.25, -0.2) is 4.98 Å². The van der Waals surface area contributed by atoms with Gasteiger partial charge >= 0.3 is 0 Å². The van der Waals surface area contributed by atoms with Gasteiger partial charge in [0, 0.05) is 37.1 Å². The molecular formula is C26H33ClN6O. The molecule has 0 bridgehead atoms. The summed E-state index contributed by atoms with van der Waals surface area (Å²) < 4.78 is 6.24. The standard InChI is InChI=1S/C26H33ClN6O/c1-17(2)33-12-11-21(16-33)34-20-9-10-23(18(3)13-20)31-26-29-15-22(27)25(32-26)30-24-8-6-5-7-19(24)14-28-4/h5-10,13,15,17,21,28H,11-12,14,16H2,1-4H3,(H2,29,30,31,32). The molecule has 3 N–H and O–H groups in total. The van der Waals surface area contributed by atoms with Crippen LogP contribution in [-0.4, -0.2) is 47.2 Å². The van der Waals surface area contributed by atoms with Gasteiger partial charge in [-0.2, -0.15) is 4.98 Å². The topological polar surface area (TPSA) is 74.3 Å². The Balaban J connectivity index is 1.45. The Morgan fingerprint density at radius 3 is 2.71 bits per heavy atom. The fraction of sp³-hybridized carbons (Fsp3) is 0.385. The molecule has 0 amide bonds. The number of hydrogen-bond donors (Lipinski definition) is 3. The van der Waals surface area contributed by atoms with Crippen LogP contribution < -0.4 is 20.7 Å². The van der Waals surface area contributed by atoms with Crippen LogP contribution in [0.3, 0.4) is 0 Å². The smallest absolute Gasteiger partial charge is 0.229 e. The van der Waals surface area contributed by atoms with Crippen LogP contribution in [0.4, 0.5) is 23.1 Å². The average molecular weight is 481 g/mol. The van der Waals surface area contributed by atoms with Gasteiger partial charge in [0.15, 0.2) is 5.82 Å². The molecule has 1 aromatic heterocycles. The SMILES string of the molecule is CNCc1ccccc1Nc1nc(Nc2ccc(OC3CCN(C(C)C)C3)cc2C)ncc1Cl. The molecule has 0 saturated carbocycles. The molecular weight excluding hydrogens is 448 g/mol. The second-order valence-corrected chi connectivity index (χ2v) is 9.33. The number of aromatic nitrogens is 2. The highest BCUT2D eigenvalue weighted by atomic mass is 35.5. The Morgan fingerprint density at radius 2 is 1.97 bits per heavy atom. The average Bonchev–Trinajstić information content (AvgIpc) is 3.28. The van der Waals surface area contributed by atoms with E-state index < -0.39 is 0 Å². The van der Waals surface area contributed by atoms with Gasteiger partial charge in [0.25, 0.3) is 0 Å². The lowest BCUT2D eigenvalue weighted by Gasteiger charge is -2.20. The summed E-state index contributed by atoms with van der Waals surface area (Å²) in [5.74, 6) is 1.91. The highest BCUT2D eigenvalue weighted by Gasteiger charge is 2.25. The van der Waals surface area contributed by atoms with Crippen molar-refractivity contribution in [2.24, 2.45) is 0 Å². The van der Waals surface area contributed by atoms with Gasteiger partial charge in [0.1, 0.15) is 16.9 Å². The van der Waals surface area contributed by atoms with Gasteiger partial charge in [-0.05, 0) is 69.6 Å². The zero-order valence-electron chi connectivity index (χ0n) is 20.2. The van der Waals surface area contributed by atoms with Crippen molar-refractivity contribution in [3.63, 3.8) is 0 Å². The van der Waals surface area contributed by atoms with Crippen LogP contribution >= 0.6 is 11.6 Å². The van der Waals surface area contributed by atoms with Crippen molar-refractivity contribution in [1.29, 1.82) is 0 Å². The van der Waals surface area contributed by atoms with Crippen LogP contribution in [0.5, 0.6) is 5.75 Å². The van der Waals surface area contributed by atoms with E-state index in [1.807, 2.05) is 44.3 Å². The molecule has 1 fully saturated rings. The number of nitrogens with zero attached hydrogens (tertiary/aromatic N) is 3. The van der Waals surface area contributed by atoms with Gasteiger partial charge in [0.05, 0.1) is 6.20 Å². The van der Waals surface area contributed by atoms with Crippen LogP contribution in [0.1, 0.15) is 31.4 Å². The molecule has 3 aromatic rings. The summed E-state index contributed by atoms with van der Waals surface area (Å²) in [6, 6.07) is 14.7.